The lowest BCUT2D eigenvalue weighted by Gasteiger charge is -2.22. The summed E-state index contributed by atoms with van der Waals surface area (Å²) in [4.78, 5) is 1.74. The molecule has 0 amide bonds. The Kier molecular flexibility index (Phi) is 6.44. The zero-order valence-electron chi connectivity index (χ0n) is 11.3. The number of benzene rings is 1. The maximum absolute atomic E-state index is 13.4. The fraction of sp³-hybridized carbons (Fsp3) is 0.538. The van der Waals surface area contributed by atoms with Crippen molar-refractivity contribution in [2.24, 2.45) is 0 Å². The lowest BCUT2D eigenvalue weighted by Crippen LogP contribution is -2.20. The number of hydrogen-bond acceptors (Lipinski definition) is 4. The molecule has 0 bridgehead atoms. The van der Waals surface area contributed by atoms with Gasteiger partial charge in [0, 0.05) is 32.3 Å². The number of aliphatic hydroxyl groups excluding tert-OH is 1. The van der Waals surface area contributed by atoms with Crippen molar-refractivity contribution in [1.82, 2.24) is 0 Å². The Morgan fingerprint density at radius 2 is 2.00 bits per heavy atom. The molecule has 1 rings (SSSR count). The number of alkyl halides is 2. The first-order valence-corrected chi connectivity index (χ1v) is 6.31. The van der Waals surface area contributed by atoms with Crippen molar-refractivity contribution in [3.63, 3.8) is 0 Å². The molecule has 0 saturated heterocycles. The fourth-order valence-corrected chi connectivity index (χ4v) is 1.83. The second-order valence-corrected chi connectivity index (χ2v) is 4.43. The normalized spacial score (nSPS) is 10.9. The number of ether oxygens (including phenoxy) is 1. The largest absolute Gasteiger partial charge is 0.432 e. The third-order valence-electron chi connectivity index (χ3n) is 2.86. The van der Waals surface area contributed by atoms with Crippen molar-refractivity contribution in [2.45, 2.75) is 25.9 Å². The van der Waals surface area contributed by atoms with Gasteiger partial charge in [-0.05, 0) is 19.3 Å². The number of halogens is 3. The van der Waals surface area contributed by atoms with Gasteiger partial charge in [0.05, 0.1) is 11.4 Å². The third kappa shape index (κ3) is 4.80. The zero-order chi connectivity index (χ0) is 15.1. The summed E-state index contributed by atoms with van der Waals surface area (Å²) in [5.74, 6) is -1.44. The van der Waals surface area contributed by atoms with Crippen molar-refractivity contribution in [3.8, 4) is 5.75 Å². The lowest BCUT2D eigenvalue weighted by atomic mass is 10.2. The minimum Gasteiger partial charge on any atom is -0.432 e. The smallest absolute Gasteiger partial charge is 0.387 e. The first-order chi connectivity index (χ1) is 9.45. The highest BCUT2D eigenvalue weighted by Crippen LogP contribution is 2.31. The highest BCUT2D eigenvalue weighted by molar-refractivity contribution is 5.69. The van der Waals surface area contributed by atoms with Gasteiger partial charge in [-0.25, -0.2) is 4.39 Å². The average Bonchev–Trinajstić information content (AvgIpc) is 2.37. The Balaban J connectivity index is 2.77. The summed E-state index contributed by atoms with van der Waals surface area (Å²) in [6, 6.07) is 2.14. The molecule has 20 heavy (non-hydrogen) atoms. The molecule has 4 nitrogen and oxygen atoms in total. The van der Waals surface area contributed by atoms with Crippen molar-refractivity contribution in [3.05, 3.63) is 17.9 Å². The van der Waals surface area contributed by atoms with E-state index in [9.17, 15) is 13.2 Å². The second kappa shape index (κ2) is 7.84. The van der Waals surface area contributed by atoms with Crippen LogP contribution in [0.25, 0.3) is 0 Å². The summed E-state index contributed by atoms with van der Waals surface area (Å²) in [5, 5.41) is 8.68. The van der Waals surface area contributed by atoms with Gasteiger partial charge >= 0.3 is 6.61 Å². The summed E-state index contributed by atoms with van der Waals surface area (Å²) in [6.45, 7) is -2.34. The number of hydrogen-bond donors (Lipinski definition) is 2. The van der Waals surface area contributed by atoms with Crippen LogP contribution in [-0.2, 0) is 0 Å². The minimum atomic E-state index is -3.09. The highest BCUT2D eigenvalue weighted by Gasteiger charge is 2.15. The van der Waals surface area contributed by atoms with Crippen LogP contribution < -0.4 is 15.4 Å². The van der Waals surface area contributed by atoms with Crippen LogP contribution in [0.15, 0.2) is 12.1 Å². The van der Waals surface area contributed by atoms with Crippen LogP contribution in [0.4, 0.5) is 24.5 Å². The van der Waals surface area contributed by atoms with Crippen LogP contribution >= 0.6 is 0 Å². The Labute approximate surface area is 115 Å². The van der Waals surface area contributed by atoms with Gasteiger partial charge < -0.3 is 20.5 Å². The summed E-state index contributed by atoms with van der Waals surface area (Å²) >= 11 is 0. The van der Waals surface area contributed by atoms with Gasteiger partial charge in [0.25, 0.3) is 0 Å². The van der Waals surface area contributed by atoms with E-state index in [1.54, 1.807) is 11.9 Å². The first-order valence-electron chi connectivity index (χ1n) is 6.31. The quantitative estimate of drug-likeness (QED) is 0.571. The standard InChI is InChI=1S/C13H19F3N2O2/c1-18(5-3-2-4-6-19)11-8-12(20-13(15)16)9(14)7-10(11)17/h7-8,13,19H,2-6,17H2,1H3. The van der Waals surface area contributed by atoms with E-state index in [1.807, 2.05) is 0 Å². The van der Waals surface area contributed by atoms with Gasteiger partial charge in [-0.15, -0.1) is 0 Å². The van der Waals surface area contributed by atoms with E-state index < -0.39 is 18.2 Å². The molecular formula is C13H19F3N2O2. The molecule has 3 N–H and O–H groups in total. The molecule has 0 spiro atoms. The molecule has 0 fully saturated rings. The molecule has 0 unspecified atom stereocenters. The SMILES string of the molecule is CN(CCCCCO)c1cc(OC(F)F)c(F)cc1N. The first kappa shape index (κ1) is 16.4. The maximum Gasteiger partial charge on any atom is 0.387 e. The Morgan fingerprint density at radius 3 is 2.60 bits per heavy atom. The fourth-order valence-electron chi connectivity index (χ4n) is 1.83. The van der Waals surface area contributed by atoms with Crippen LogP contribution in [0.2, 0.25) is 0 Å². The molecule has 0 radical (unpaired) electrons. The van der Waals surface area contributed by atoms with Gasteiger partial charge in [0.2, 0.25) is 0 Å². The molecule has 0 aliphatic heterocycles. The van der Waals surface area contributed by atoms with Gasteiger partial charge in [0.15, 0.2) is 11.6 Å². The molecule has 0 aromatic heterocycles. The summed E-state index contributed by atoms with van der Waals surface area (Å²) in [7, 11) is 1.73. The van der Waals surface area contributed by atoms with E-state index >= 15 is 0 Å². The van der Waals surface area contributed by atoms with Crippen molar-refractivity contribution < 1.29 is 23.0 Å². The molecule has 114 valence electrons. The topological polar surface area (TPSA) is 58.7 Å². The molecule has 0 saturated carbocycles. The van der Waals surface area contributed by atoms with Crippen LogP contribution in [-0.4, -0.2) is 31.9 Å². The molecule has 7 heteroatoms. The Hall–Kier alpha value is -1.63. The molecular weight excluding hydrogens is 273 g/mol. The molecule has 1 aromatic carbocycles. The van der Waals surface area contributed by atoms with Gasteiger partial charge in [-0.3, -0.25) is 0 Å². The molecule has 0 atom stereocenters. The van der Waals surface area contributed by atoms with Crippen molar-refractivity contribution in [2.75, 3.05) is 30.8 Å². The summed E-state index contributed by atoms with van der Waals surface area (Å²) < 4.78 is 41.9. The molecule has 1 aromatic rings. The average molecular weight is 292 g/mol. The van der Waals surface area contributed by atoms with Crippen LogP contribution in [0, 0.1) is 5.82 Å². The number of nitrogens with two attached hydrogens (primary N) is 1. The third-order valence-corrected chi connectivity index (χ3v) is 2.86. The molecule has 0 aliphatic rings. The maximum atomic E-state index is 13.4. The van der Waals surface area contributed by atoms with E-state index in [0.717, 1.165) is 18.9 Å². The predicted octanol–water partition coefficient (Wildman–Crippen LogP) is 2.61. The number of nitrogens with zero attached hydrogens (tertiary/aromatic N) is 1. The van der Waals surface area contributed by atoms with Crippen molar-refractivity contribution >= 4 is 11.4 Å². The Morgan fingerprint density at radius 1 is 1.30 bits per heavy atom. The van der Waals surface area contributed by atoms with Gasteiger partial charge in [-0.2, -0.15) is 8.78 Å². The van der Waals surface area contributed by atoms with Crippen molar-refractivity contribution in [1.29, 1.82) is 0 Å². The minimum absolute atomic E-state index is 0.134. The van der Waals surface area contributed by atoms with Crippen LogP contribution in [0.3, 0.4) is 0 Å². The monoisotopic (exact) mass is 292 g/mol. The predicted molar refractivity (Wildman–Crippen MR) is 71.7 cm³/mol. The van der Waals surface area contributed by atoms with Crippen LogP contribution in [0.1, 0.15) is 19.3 Å². The molecule has 0 heterocycles. The number of anilines is 2. The van der Waals surface area contributed by atoms with Crippen LogP contribution in [0.5, 0.6) is 5.75 Å². The van der Waals surface area contributed by atoms with E-state index in [-0.39, 0.29) is 12.3 Å². The van der Waals surface area contributed by atoms with E-state index in [4.69, 9.17) is 10.8 Å². The van der Waals surface area contributed by atoms with Gasteiger partial charge in [-0.1, -0.05) is 0 Å². The highest BCUT2D eigenvalue weighted by atomic mass is 19.3. The zero-order valence-corrected chi connectivity index (χ0v) is 11.3. The van der Waals surface area contributed by atoms with Gasteiger partial charge in [0.1, 0.15) is 0 Å². The molecule has 0 aliphatic carbocycles. The second-order valence-electron chi connectivity index (χ2n) is 4.43. The summed E-state index contributed by atoms with van der Waals surface area (Å²) in [5.41, 5.74) is 6.28. The number of rotatable bonds is 8. The number of aliphatic hydroxyl groups is 1. The number of unbranched alkanes of at least 4 members (excludes halogenated alkanes) is 2. The Bertz CT molecular complexity index is 430. The lowest BCUT2D eigenvalue weighted by molar-refractivity contribution is -0.0521. The van der Waals surface area contributed by atoms with E-state index in [1.165, 1.54) is 6.07 Å². The number of nitrogen functional groups attached to an aromatic ring is 1. The van der Waals surface area contributed by atoms with E-state index in [2.05, 4.69) is 4.74 Å². The van der Waals surface area contributed by atoms with E-state index in [0.29, 0.717) is 18.7 Å². The summed E-state index contributed by atoms with van der Waals surface area (Å²) in [6.07, 6.45) is 2.34.